The Morgan fingerprint density at radius 3 is 2.54 bits per heavy atom. The summed E-state index contributed by atoms with van der Waals surface area (Å²) in [6, 6.07) is 0. The Bertz CT molecular complexity index is 527. The molecule has 1 aliphatic heterocycles. The lowest BCUT2D eigenvalue weighted by Gasteiger charge is -2.45. The van der Waals surface area contributed by atoms with Crippen LogP contribution in [0, 0.1) is 23.2 Å². The van der Waals surface area contributed by atoms with E-state index in [-0.39, 0.29) is 10.5 Å². The van der Waals surface area contributed by atoms with Crippen molar-refractivity contribution in [3.8, 4) is 0 Å². The predicted octanol–water partition coefficient (Wildman–Crippen LogP) is 5.16. The summed E-state index contributed by atoms with van der Waals surface area (Å²) >= 11 is 0. The molecule has 5 atom stereocenters. The number of hydrogen-bond acceptors (Lipinski definition) is 3. The van der Waals surface area contributed by atoms with Crippen LogP contribution in [0.4, 0.5) is 0 Å². The summed E-state index contributed by atoms with van der Waals surface area (Å²) in [5.74, 6) is 2.13. The Hall–Kier alpha value is -0.193. The summed E-state index contributed by atoms with van der Waals surface area (Å²) < 4.78 is 7.01. The lowest BCUT2D eigenvalue weighted by molar-refractivity contribution is -0.140. The van der Waals surface area contributed by atoms with Crippen LogP contribution in [-0.2, 0) is 9.22 Å². The molecule has 3 nitrogen and oxygen atoms in total. The lowest BCUT2D eigenvalue weighted by atomic mass is 9.58. The van der Waals surface area contributed by atoms with Crippen LogP contribution in [0.25, 0.3) is 0 Å². The van der Waals surface area contributed by atoms with E-state index in [0.717, 1.165) is 45.2 Å². The van der Waals surface area contributed by atoms with Crippen molar-refractivity contribution in [3.63, 3.8) is 0 Å². The summed E-state index contributed by atoms with van der Waals surface area (Å²) in [7, 11) is -1.82. The molecule has 3 aliphatic rings. The molecule has 1 heterocycles. The van der Waals surface area contributed by atoms with E-state index in [1.165, 1.54) is 12.8 Å². The van der Waals surface area contributed by atoms with Crippen LogP contribution in [0.1, 0.15) is 72.6 Å². The first-order valence-corrected chi connectivity index (χ1v) is 13.9. The van der Waals surface area contributed by atoms with Crippen molar-refractivity contribution in [2.75, 3.05) is 13.1 Å². The predicted molar refractivity (Wildman–Crippen MR) is 111 cm³/mol. The molecule has 0 bridgehead atoms. The minimum atomic E-state index is -1.82. The molecule has 1 spiro atoms. The molecule has 3 rings (SSSR count). The van der Waals surface area contributed by atoms with Crippen molar-refractivity contribution in [1.29, 1.82) is 0 Å². The van der Waals surface area contributed by atoms with Gasteiger partial charge in [0.15, 0.2) is 8.32 Å². The third kappa shape index (κ3) is 3.58. The minimum absolute atomic E-state index is 0.0778. The first-order valence-electron chi connectivity index (χ1n) is 11.0. The molecular weight excluding hydrogens is 338 g/mol. The molecule has 2 aliphatic carbocycles. The fourth-order valence-electron chi connectivity index (χ4n) is 5.84. The lowest BCUT2D eigenvalue weighted by Crippen LogP contribution is -2.49. The molecule has 150 valence electrons. The van der Waals surface area contributed by atoms with Gasteiger partial charge >= 0.3 is 0 Å². The van der Waals surface area contributed by atoms with Crippen molar-refractivity contribution in [2.45, 2.75) is 96.9 Å². The molecule has 1 saturated heterocycles. The summed E-state index contributed by atoms with van der Waals surface area (Å²) in [5.41, 5.74) is -0.0778. The number of carbonyl (C=O) groups is 1. The van der Waals surface area contributed by atoms with Crippen LogP contribution >= 0.6 is 0 Å². The average Bonchev–Trinajstić information content (AvgIpc) is 2.83. The number of rotatable bonds is 2. The smallest absolute Gasteiger partial charge is 0.192 e. The van der Waals surface area contributed by atoms with Crippen LogP contribution in [0.15, 0.2) is 0 Å². The van der Waals surface area contributed by atoms with Gasteiger partial charge < -0.3 is 9.74 Å². The van der Waals surface area contributed by atoms with Gasteiger partial charge in [-0.05, 0) is 87.5 Å². The number of ketones is 1. The van der Waals surface area contributed by atoms with Gasteiger partial charge in [0.05, 0.1) is 0 Å². The maximum absolute atomic E-state index is 13.5. The Labute approximate surface area is 162 Å². The summed E-state index contributed by atoms with van der Waals surface area (Å²) in [6.45, 7) is 16.2. The van der Waals surface area contributed by atoms with Crippen molar-refractivity contribution in [3.05, 3.63) is 0 Å². The van der Waals surface area contributed by atoms with E-state index in [9.17, 15) is 4.79 Å². The number of Topliss-reactive ketones (excluding diaryl/α,β-unsaturated/α-hetero) is 1. The molecule has 4 heteroatoms. The Morgan fingerprint density at radius 1 is 1.15 bits per heavy atom. The number of carbonyl (C=O) groups excluding carboxylic acids is 1. The first-order chi connectivity index (χ1) is 12.1. The van der Waals surface area contributed by atoms with Crippen molar-refractivity contribution >= 4 is 14.1 Å². The first kappa shape index (κ1) is 20.5. The molecule has 2 saturated carbocycles. The van der Waals surface area contributed by atoms with E-state index in [2.05, 4.69) is 46.1 Å². The van der Waals surface area contributed by atoms with Gasteiger partial charge in [0.2, 0.25) is 0 Å². The zero-order chi connectivity index (χ0) is 19.2. The standard InChI is InChI=1S/C22H41NO2Si/c1-16-13-17-15-19(25-26(5,6)21(2,3)4)18-9-7-11-23-12-8-10-22(17,18)20(24)14-16/h16-19,23H,7-15H2,1-6H3/t16-,17+,18-,19+,22+/m1/s1. The van der Waals surface area contributed by atoms with Crippen molar-refractivity contribution in [2.24, 2.45) is 23.2 Å². The number of nitrogens with one attached hydrogen (secondary N) is 1. The molecule has 26 heavy (non-hydrogen) atoms. The van der Waals surface area contributed by atoms with Gasteiger partial charge in [-0.15, -0.1) is 0 Å². The van der Waals surface area contributed by atoms with Gasteiger partial charge in [0.1, 0.15) is 5.78 Å². The van der Waals surface area contributed by atoms with Gasteiger partial charge in [-0.2, -0.15) is 0 Å². The average molecular weight is 380 g/mol. The highest BCUT2D eigenvalue weighted by atomic mass is 28.4. The van der Waals surface area contributed by atoms with Gasteiger partial charge in [0, 0.05) is 17.9 Å². The van der Waals surface area contributed by atoms with Gasteiger partial charge in [-0.1, -0.05) is 27.7 Å². The van der Waals surface area contributed by atoms with Gasteiger partial charge in [-0.25, -0.2) is 0 Å². The maximum atomic E-state index is 13.5. The summed E-state index contributed by atoms with van der Waals surface area (Å²) in [6.07, 6.45) is 8.01. The van der Waals surface area contributed by atoms with Crippen LogP contribution in [0.5, 0.6) is 0 Å². The zero-order valence-corrected chi connectivity index (χ0v) is 19.0. The molecule has 0 unspecified atom stereocenters. The molecule has 0 amide bonds. The second-order valence-corrected chi connectivity index (χ2v) is 15.7. The maximum Gasteiger partial charge on any atom is 0.192 e. The SMILES string of the molecule is C[C@H]1CC(=O)[C@]23CCCNCCC[C@@H]2[C@@H](O[Si](C)(C)C(C)(C)C)C[C@@H]3C1. The molecule has 0 aromatic carbocycles. The number of hydrogen-bond donors (Lipinski definition) is 1. The Morgan fingerprint density at radius 2 is 1.85 bits per heavy atom. The van der Waals surface area contributed by atoms with E-state index in [4.69, 9.17) is 4.43 Å². The third-order valence-corrected chi connectivity index (χ3v) is 12.7. The summed E-state index contributed by atoms with van der Waals surface area (Å²) in [5, 5.41) is 3.80. The van der Waals surface area contributed by atoms with Crippen LogP contribution in [-0.4, -0.2) is 33.3 Å². The van der Waals surface area contributed by atoms with Crippen LogP contribution in [0.2, 0.25) is 18.1 Å². The highest BCUT2D eigenvalue weighted by Crippen LogP contribution is 2.60. The molecular formula is C22H41NO2Si. The fourth-order valence-corrected chi connectivity index (χ4v) is 7.21. The second-order valence-electron chi connectivity index (χ2n) is 11.0. The van der Waals surface area contributed by atoms with Crippen molar-refractivity contribution < 1.29 is 9.22 Å². The highest BCUT2D eigenvalue weighted by molar-refractivity contribution is 6.74. The van der Waals surface area contributed by atoms with E-state index in [1.54, 1.807) is 0 Å². The normalized spacial score (nSPS) is 39.5. The summed E-state index contributed by atoms with van der Waals surface area (Å²) in [4.78, 5) is 13.5. The highest BCUT2D eigenvalue weighted by Gasteiger charge is 2.61. The van der Waals surface area contributed by atoms with E-state index in [0.29, 0.717) is 29.6 Å². The monoisotopic (exact) mass is 379 g/mol. The molecule has 0 aromatic rings. The van der Waals surface area contributed by atoms with E-state index < -0.39 is 8.32 Å². The minimum Gasteiger partial charge on any atom is -0.414 e. The zero-order valence-electron chi connectivity index (χ0n) is 18.0. The second kappa shape index (κ2) is 7.33. The van der Waals surface area contributed by atoms with E-state index in [1.807, 2.05) is 0 Å². The van der Waals surface area contributed by atoms with E-state index >= 15 is 0 Å². The van der Waals surface area contributed by atoms with Gasteiger partial charge in [-0.3, -0.25) is 4.79 Å². The van der Waals surface area contributed by atoms with Gasteiger partial charge in [0.25, 0.3) is 0 Å². The largest absolute Gasteiger partial charge is 0.414 e. The quantitative estimate of drug-likeness (QED) is 0.673. The molecule has 1 N–H and O–H groups in total. The molecule has 0 radical (unpaired) electrons. The fraction of sp³-hybridized carbons (Fsp3) is 0.955. The Kier molecular flexibility index (Phi) is 5.79. The van der Waals surface area contributed by atoms with Crippen LogP contribution < -0.4 is 5.32 Å². The third-order valence-electron chi connectivity index (χ3n) is 8.16. The van der Waals surface area contributed by atoms with Crippen molar-refractivity contribution in [1.82, 2.24) is 5.32 Å². The Balaban J connectivity index is 1.93. The molecule has 0 aromatic heterocycles. The molecule has 3 fully saturated rings. The topological polar surface area (TPSA) is 38.3 Å². The van der Waals surface area contributed by atoms with Crippen LogP contribution in [0.3, 0.4) is 0 Å².